The van der Waals surface area contributed by atoms with Gasteiger partial charge in [-0.05, 0) is 61.2 Å². The molecule has 2 aromatic carbocycles. The molecule has 1 saturated heterocycles. The number of piperidine rings is 1. The average Bonchev–Trinajstić information content (AvgIpc) is 3.32. The van der Waals surface area contributed by atoms with Gasteiger partial charge in [-0.25, -0.2) is 4.52 Å². The lowest BCUT2D eigenvalue weighted by Crippen LogP contribution is -2.29. The molecule has 158 valence electrons. The monoisotopic (exact) mass is 415 g/mol. The SMILES string of the molecule is Cn1c(=O)c2ccnn2c2ccc(C(=O)NCc3ccc(N4CCCCC4)cc3)cc21. The Labute approximate surface area is 179 Å². The molecule has 1 aliphatic heterocycles. The molecule has 0 bridgehead atoms. The summed E-state index contributed by atoms with van der Waals surface area (Å²) in [5.74, 6) is -0.171. The van der Waals surface area contributed by atoms with Crippen molar-refractivity contribution in [3.8, 4) is 0 Å². The Balaban J connectivity index is 1.33. The normalized spacial score (nSPS) is 14.3. The fraction of sp³-hybridized carbons (Fsp3) is 0.292. The average molecular weight is 415 g/mol. The van der Waals surface area contributed by atoms with E-state index in [1.54, 1.807) is 40.5 Å². The third-order valence-corrected chi connectivity index (χ3v) is 6.10. The molecule has 4 aromatic rings. The number of rotatable bonds is 4. The lowest BCUT2D eigenvalue weighted by Gasteiger charge is -2.28. The molecule has 7 nitrogen and oxygen atoms in total. The zero-order valence-electron chi connectivity index (χ0n) is 17.5. The van der Waals surface area contributed by atoms with Gasteiger partial charge in [-0.15, -0.1) is 0 Å². The first-order chi connectivity index (χ1) is 15.1. The number of aryl methyl sites for hydroxylation is 1. The Morgan fingerprint density at radius 2 is 1.74 bits per heavy atom. The van der Waals surface area contributed by atoms with Gasteiger partial charge in [-0.2, -0.15) is 5.10 Å². The molecule has 1 N–H and O–H groups in total. The summed E-state index contributed by atoms with van der Waals surface area (Å²) in [5, 5.41) is 7.22. The summed E-state index contributed by atoms with van der Waals surface area (Å²) >= 11 is 0. The van der Waals surface area contributed by atoms with E-state index in [1.807, 2.05) is 6.07 Å². The number of nitrogens with zero attached hydrogens (tertiary/aromatic N) is 4. The maximum Gasteiger partial charge on any atom is 0.276 e. The van der Waals surface area contributed by atoms with E-state index in [9.17, 15) is 9.59 Å². The van der Waals surface area contributed by atoms with Crippen molar-refractivity contribution in [2.45, 2.75) is 25.8 Å². The minimum absolute atomic E-state index is 0.142. The molecule has 7 heteroatoms. The Morgan fingerprint density at radius 3 is 2.52 bits per heavy atom. The summed E-state index contributed by atoms with van der Waals surface area (Å²) in [4.78, 5) is 27.7. The number of carbonyl (C=O) groups is 1. The van der Waals surface area contributed by atoms with E-state index in [4.69, 9.17) is 0 Å². The van der Waals surface area contributed by atoms with Crippen LogP contribution in [0, 0.1) is 0 Å². The van der Waals surface area contributed by atoms with Gasteiger partial charge in [0, 0.05) is 37.9 Å². The molecule has 0 radical (unpaired) electrons. The van der Waals surface area contributed by atoms with Crippen LogP contribution in [0.15, 0.2) is 59.5 Å². The van der Waals surface area contributed by atoms with Gasteiger partial charge in [0.1, 0.15) is 5.52 Å². The van der Waals surface area contributed by atoms with Crippen molar-refractivity contribution in [3.63, 3.8) is 0 Å². The molecule has 0 aliphatic carbocycles. The molecule has 1 fully saturated rings. The van der Waals surface area contributed by atoms with Crippen molar-refractivity contribution in [3.05, 3.63) is 76.2 Å². The van der Waals surface area contributed by atoms with Gasteiger partial charge >= 0.3 is 0 Å². The number of anilines is 1. The van der Waals surface area contributed by atoms with Crippen LogP contribution >= 0.6 is 0 Å². The standard InChI is InChI=1S/C24H25N5O2/c1-27-22-15-18(7-10-20(22)29-21(24(27)31)11-12-26-29)23(30)25-16-17-5-8-19(9-6-17)28-13-3-2-4-14-28/h5-12,15H,2-4,13-14,16H2,1H3,(H,25,30). The largest absolute Gasteiger partial charge is 0.372 e. The van der Waals surface area contributed by atoms with E-state index in [0.717, 1.165) is 24.2 Å². The molecule has 5 rings (SSSR count). The highest BCUT2D eigenvalue weighted by Gasteiger charge is 2.13. The number of nitrogens with one attached hydrogen (secondary N) is 1. The van der Waals surface area contributed by atoms with Gasteiger partial charge in [-0.3, -0.25) is 9.59 Å². The minimum Gasteiger partial charge on any atom is -0.372 e. The molecule has 0 spiro atoms. The Bertz CT molecular complexity index is 1310. The first-order valence-corrected chi connectivity index (χ1v) is 10.7. The van der Waals surface area contributed by atoms with Crippen molar-refractivity contribution >= 4 is 28.1 Å². The number of carbonyl (C=O) groups excluding carboxylic acids is 1. The van der Waals surface area contributed by atoms with Crippen LogP contribution in [0.5, 0.6) is 0 Å². The predicted octanol–water partition coefficient (Wildman–Crippen LogP) is 3.11. The molecular weight excluding hydrogens is 390 g/mol. The minimum atomic E-state index is -0.171. The van der Waals surface area contributed by atoms with Crippen molar-refractivity contribution in [2.75, 3.05) is 18.0 Å². The molecule has 1 amide bonds. The van der Waals surface area contributed by atoms with Crippen molar-refractivity contribution in [2.24, 2.45) is 7.05 Å². The van der Waals surface area contributed by atoms with E-state index < -0.39 is 0 Å². The van der Waals surface area contributed by atoms with Gasteiger partial charge in [0.25, 0.3) is 11.5 Å². The summed E-state index contributed by atoms with van der Waals surface area (Å²) in [5.41, 5.74) is 4.64. The quantitative estimate of drug-likeness (QED) is 0.556. The number of aromatic nitrogens is 3. The first kappa shape index (κ1) is 19.4. The summed E-state index contributed by atoms with van der Waals surface area (Å²) in [7, 11) is 1.71. The molecular formula is C24H25N5O2. The number of hydrogen-bond donors (Lipinski definition) is 1. The van der Waals surface area contributed by atoms with Gasteiger partial charge in [0.05, 0.1) is 17.2 Å². The number of fused-ring (bicyclic) bond motifs is 3. The number of hydrogen-bond acceptors (Lipinski definition) is 4. The molecule has 31 heavy (non-hydrogen) atoms. The highest BCUT2D eigenvalue weighted by atomic mass is 16.1. The Kier molecular flexibility index (Phi) is 4.94. The highest BCUT2D eigenvalue weighted by Crippen LogP contribution is 2.20. The van der Waals surface area contributed by atoms with Crippen molar-refractivity contribution in [1.29, 1.82) is 0 Å². The second-order valence-corrected chi connectivity index (χ2v) is 8.09. The van der Waals surface area contributed by atoms with Gasteiger partial charge in [-0.1, -0.05) is 12.1 Å². The summed E-state index contributed by atoms with van der Waals surface area (Å²) in [6.07, 6.45) is 5.42. The lowest BCUT2D eigenvalue weighted by molar-refractivity contribution is 0.0951. The zero-order chi connectivity index (χ0) is 21.4. The number of amides is 1. The Morgan fingerprint density at radius 1 is 0.968 bits per heavy atom. The molecule has 1 aliphatic rings. The third kappa shape index (κ3) is 3.56. The van der Waals surface area contributed by atoms with Crippen molar-refractivity contribution < 1.29 is 4.79 Å². The Hall–Kier alpha value is -3.61. The number of benzene rings is 2. The lowest BCUT2D eigenvalue weighted by atomic mass is 10.1. The maximum atomic E-state index is 12.8. The zero-order valence-corrected chi connectivity index (χ0v) is 17.5. The van der Waals surface area contributed by atoms with Crippen LogP contribution in [0.25, 0.3) is 16.6 Å². The molecule has 3 heterocycles. The summed E-state index contributed by atoms with van der Waals surface area (Å²) in [6.45, 7) is 2.69. The third-order valence-electron chi connectivity index (χ3n) is 6.10. The molecule has 0 unspecified atom stereocenters. The van der Waals surface area contributed by atoms with E-state index in [1.165, 1.54) is 24.9 Å². The van der Waals surface area contributed by atoms with Crippen LogP contribution in [0.1, 0.15) is 35.2 Å². The van der Waals surface area contributed by atoms with Crippen LogP contribution in [0.4, 0.5) is 5.69 Å². The predicted molar refractivity (Wildman–Crippen MR) is 122 cm³/mol. The summed E-state index contributed by atoms with van der Waals surface area (Å²) < 4.78 is 3.17. The van der Waals surface area contributed by atoms with Crippen LogP contribution in [0.3, 0.4) is 0 Å². The van der Waals surface area contributed by atoms with Crippen LogP contribution in [-0.2, 0) is 13.6 Å². The second kappa shape index (κ2) is 7.91. The van der Waals surface area contributed by atoms with Crippen LogP contribution in [0.2, 0.25) is 0 Å². The smallest absolute Gasteiger partial charge is 0.276 e. The molecule has 0 saturated carbocycles. The highest BCUT2D eigenvalue weighted by molar-refractivity contribution is 5.97. The molecule has 0 atom stereocenters. The van der Waals surface area contributed by atoms with E-state index in [-0.39, 0.29) is 11.5 Å². The van der Waals surface area contributed by atoms with Gasteiger partial charge < -0.3 is 14.8 Å². The molecule has 2 aromatic heterocycles. The van der Waals surface area contributed by atoms with Crippen LogP contribution < -0.4 is 15.8 Å². The summed E-state index contributed by atoms with van der Waals surface area (Å²) in [6, 6.07) is 15.4. The van der Waals surface area contributed by atoms with E-state index >= 15 is 0 Å². The fourth-order valence-corrected chi connectivity index (χ4v) is 4.31. The maximum absolute atomic E-state index is 12.8. The van der Waals surface area contributed by atoms with Crippen LogP contribution in [-0.4, -0.2) is 33.2 Å². The van der Waals surface area contributed by atoms with Gasteiger partial charge in [0.2, 0.25) is 0 Å². The van der Waals surface area contributed by atoms with Gasteiger partial charge in [0.15, 0.2) is 0 Å². The second-order valence-electron chi connectivity index (χ2n) is 8.09. The first-order valence-electron chi connectivity index (χ1n) is 10.7. The van der Waals surface area contributed by atoms with Crippen molar-refractivity contribution in [1.82, 2.24) is 19.5 Å². The fourth-order valence-electron chi connectivity index (χ4n) is 4.31. The van der Waals surface area contributed by atoms with E-state index in [2.05, 4.69) is 39.6 Å². The van der Waals surface area contributed by atoms with E-state index in [0.29, 0.717) is 23.1 Å². The topological polar surface area (TPSA) is 71.6 Å².